The molecule has 1 fully saturated rings. The van der Waals surface area contributed by atoms with Crippen LogP contribution < -0.4 is 5.32 Å². The summed E-state index contributed by atoms with van der Waals surface area (Å²) in [5.41, 5.74) is -0.692. The molecule has 7 nitrogen and oxygen atoms in total. The van der Waals surface area contributed by atoms with Crippen molar-refractivity contribution in [3.63, 3.8) is 0 Å². The second-order valence-corrected chi connectivity index (χ2v) is 7.11. The Morgan fingerprint density at radius 1 is 1.30 bits per heavy atom. The van der Waals surface area contributed by atoms with Gasteiger partial charge in [-0.15, -0.1) is 0 Å². The number of carboxylic acid groups (broad SMARTS) is 1. The van der Waals surface area contributed by atoms with E-state index >= 15 is 0 Å². The summed E-state index contributed by atoms with van der Waals surface area (Å²) < 4.78 is 6.92. The van der Waals surface area contributed by atoms with Crippen LogP contribution in [-0.4, -0.2) is 32.6 Å². The van der Waals surface area contributed by atoms with Gasteiger partial charge in [0, 0.05) is 7.05 Å². The lowest BCUT2D eigenvalue weighted by Crippen LogP contribution is -2.50. The highest BCUT2D eigenvalue weighted by Gasteiger charge is 2.42. The van der Waals surface area contributed by atoms with E-state index < -0.39 is 23.2 Å². The largest absolute Gasteiger partial charge is 0.478 e. The van der Waals surface area contributed by atoms with Crippen molar-refractivity contribution in [1.29, 1.82) is 0 Å². The van der Waals surface area contributed by atoms with E-state index in [1.165, 1.54) is 6.20 Å². The first-order chi connectivity index (χ1) is 10.6. The third kappa shape index (κ3) is 3.83. The quantitative estimate of drug-likeness (QED) is 0.892. The van der Waals surface area contributed by atoms with E-state index in [0.717, 1.165) is 19.3 Å². The van der Waals surface area contributed by atoms with Crippen molar-refractivity contribution in [1.82, 2.24) is 15.1 Å². The Kier molecular flexibility index (Phi) is 4.68. The second-order valence-electron chi connectivity index (χ2n) is 7.11. The molecule has 128 valence electrons. The third-order valence-electron chi connectivity index (χ3n) is 4.07. The highest BCUT2D eigenvalue weighted by molar-refractivity contribution is 5.89. The minimum absolute atomic E-state index is 0.130. The lowest BCUT2D eigenvalue weighted by molar-refractivity contribution is 0.0407. The van der Waals surface area contributed by atoms with Crippen LogP contribution >= 0.6 is 0 Å². The summed E-state index contributed by atoms with van der Waals surface area (Å²) in [4.78, 5) is 23.8. The number of rotatable bonds is 3. The number of carboxylic acids is 1. The molecule has 2 N–H and O–H groups in total. The van der Waals surface area contributed by atoms with E-state index in [2.05, 4.69) is 10.4 Å². The summed E-state index contributed by atoms with van der Waals surface area (Å²) in [5, 5.41) is 16.5. The summed E-state index contributed by atoms with van der Waals surface area (Å²) >= 11 is 0. The number of nitrogens with zero attached hydrogens (tertiary/aromatic N) is 2. The van der Waals surface area contributed by atoms with Crippen LogP contribution in [0.4, 0.5) is 4.79 Å². The SMILES string of the molecule is Cn1ncc(C(=O)O)c1C1(NC(=O)OC(C)(C)C)CCCCC1. The molecule has 23 heavy (non-hydrogen) atoms. The monoisotopic (exact) mass is 323 g/mol. The number of hydrogen-bond donors (Lipinski definition) is 2. The van der Waals surface area contributed by atoms with E-state index in [4.69, 9.17) is 4.74 Å². The average molecular weight is 323 g/mol. The van der Waals surface area contributed by atoms with Crippen LogP contribution in [0.2, 0.25) is 0 Å². The molecule has 0 radical (unpaired) electrons. The zero-order valence-electron chi connectivity index (χ0n) is 14.2. The zero-order chi connectivity index (χ0) is 17.3. The maximum absolute atomic E-state index is 12.3. The van der Waals surface area contributed by atoms with Crippen LogP contribution in [0.1, 0.15) is 68.9 Å². The number of hydrogen-bond acceptors (Lipinski definition) is 4. The molecule has 1 aromatic rings. The number of ether oxygens (including phenoxy) is 1. The highest BCUT2D eigenvalue weighted by atomic mass is 16.6. The second kappa shape index (κ2) is 6.22. The number of aromatic carboxylic acids is 1. The van der Waals surface area contributed by atoms with Gasteiger partial charge in [0.25, 0.3) is 0 Å². The van der Waals surface area contributed by atoms with Gasteiger partial charge in [-0.05, 0) is 33.6 Å². The summed E-state index contributed by atoms with van der Waals surface area (Å²) in [6.07, 6.45) is 5.05. The fourth-order valence-electron chi connectivity index (χ4n) is 3.24. The molecule has 0 spiro atoms. The molecule has 0 bridgehead atoms. The number of carbonyl (C=O) groups is 2. The summed E-state index contributed by atoms with van der Waals surface area (Å²) in [6, 6.07) is 0. The Morgan fingerprint density at radius 3 is 2.43 bits per heavy atom. The average Bonchev–Trinajstić information content (AvgIpc) is 2.80. The van der Waals surface area contributed by atoms with Crippen LogP contribution in [0.15, 0.2) is 6.20 Å². The molecule has 1 aliphatic carbocycles. The summed E-state index contributed by atoms with van der Waals surface area (Å²) in [7, 11) is 1.70. The lowest BCUT2D eigenvalue weighted by atomic mass is 9.78. The van der Waals surface area contributed by atoms with Crippen LogP contribution in [0.25, 0.3) is 0 Å². The third-order valence-corrected chi connectivity index (χ3v) is 4.07. The van der Waals surface area contributed by atoms with Crippen molar-refractivity contribution >= 4 is 12.1 Å². The maximum Gasteiger partial charge on any atom is 0.408 e. The van der Waals surface area contributed by atoms with Gasteiger partial charge in [-0.2, -0.15) is 5.10 Å². The Bertz CT molecular complexity index is 595. The topological polar surface area (TPSA) is 93.5 Å². The van der Waals surface area contributed by atoms with Crippen LogP contribution in [-0.2, 0) is 17.3 Å². The number of amides is 1. The number of nitrogens with one attached hydrogen (secondary N) is 1. The molecule has 1 aromatic heterocycles. The Hall–Kier alpha value is -2.05. The smallest absolute Gasteiger partial charge is 0.408 e. The van der Waals surface area contributed by atoms with Crippen molar-refractivity contribution in [2.75, 3.05) is 0 Å². The van der Waals surface area contributed by atoms with E-state index in [1.807, 2.05) is 0 Å². The normalized spacial score (nSPS) is 17.6. The van der Waals surface area contributed by atoms with Crippen molar-refractivity contribution in [2.24, 2.45) is 7.05 Å². The predicted octanol–water partition coefficient (Wildman–Crippen LogP) is 2.80. The zero-order valence-corrected chi connectivity index (χ0v) is 14.2. The number of carbonyl (C=O) groups excluding carboxylic acids is 1. The molecule has 1 saturated carbocycles. The van der Waals surface area contributed by atoms with Crippen molar-refractivity contribution in [2.45, 2.75) is 64.0 Å². The molecule has 2 rings (SSSR count). The fraction of sp³-hybridized carbons (Fsp3) is 0.688. The van der Waals surface area contributed by atoms with Gasteiger partial charge in [-0.3, -0.25) is 4.68 Å². The molecule has 1 heterocycles. The van der Waals surface area contributed by atoms with E-state index in [1.54, 1.807) is 32.5 Å². The van der Waals surface area contributed by atoms with E-state index in [0.29, 0.717) is 18.5 Å². The molecule has 1 aliphatic rings. The standard InChI is InChI=1S/C16H25N3O4/c1-15(2,3)23-14(22)18-16(8-6-5-7-9-16)12-11(13(20)21)10-17-19(12)4/h10H,5-9H2,1-4H3,(H,18,22)(H,20,21). The summed E-state index contributed by atoms with van der Waals surface area (Å²) in [5.74, 6) is -1.04. The van der Waals surface area contributed by atoms with Gasteiger partial charge in [0.2, 0.25) is 0 Å². The molecular weight excluding hydrogens is 298 g/mol. The first-order valence-corrected chi connectivity index (χ1v) is 7.91. The lowest BCUT2D eigenvalue weighted by Gasteiger charge is -2.38. The van der Waals surface area contributed by atoms with Gasteiger partial charge in [-0.25, -0.2) is 9.59 Å². The van der Waals surface area contributed by atoms with Crippen LogP contribution in [0.3, 0.4) is 0 Å². The van der Waals surface area contributed by atoms with Crippen LogP contribution in [0, 0.1) is 0 Å². The molecule has 0 aromatic carbocycles. The molecule has 0 atom stereocenters. The molecule has 0 unspecified atom stereocenters. The Labute approximate surface area is 136 Å². The van der Waals surface area contributed by atoms with E-state index in [-0.39, 0.29) is 5.56 Å². The van der Waals surface area contributed by atoms with Gasteiger partial charge in [0.1, 0.15) is 11.2 Å². The number of aromatic nitrogens is 2. The van der Waals surface area contributed by atoms with Gasteiger partial charge < -0.3 is 15.2 Å². The number of aryl methyl sites for hydroxylation is 1. The summed E-state index contributed by atoms with van der Waals surface area (Å²) in [6.45, 7) is 5.40. The Morgan fingerprint density at radius 2 is 1.91 bits per heavy atom. The molecule has 7 heteroatoms. The first-order valence-electron chi connectivity index (χ1n) is 7.91. The van der Waals surface area contributed by atoms with Crippen molar-refractivity contribution in [3.05, 3.63) is 17.5 Å². The Balaban J connectivity index is 2.39. The van der Waals surface area contributed by atoms with Gasteiger partial charge in [0.15, 0.2) is 0 Å². The van der Waals surface area contributed by atoms with E-state index in [9.17, 15) is 14.7 Å². The molecule has 0 aliphatic heterocycles. The van der Waals surface area contributed by atoms with Gasteiger partial charge >= 0.3 is 12.1 Å². The minimum Gasteiger partial charge on any atom is -0.478 e. The molecule has 0 saturated heterocycles. The van der Waals surface area contributed by atoms with Crippen molar-refractivity contribution < 1.29 is 19.4 Å². The van der Waals surface area contributed by atoms with Gasteiger partial charge in [-0.1, -0.05) is 19.3 Å². The van der Waals surface area contributed by atoms with Crippen LogP contribution in [0.5, 0.6) is 0 Å². The highest BCUT2D eigenvalue weighted by Crippen LogP contribution is 2.38. The van der Waals surface area contributed by atoms with Crippen molar-refractivity contribution in [3.8, 4) is 0 Å². The first kappa shape index (κ1) is 17.3. The predicted molar refractivity (Wildman–Crippen MR) is 84.3 cm³/mol. The number of alkyl carbamates (subject to hydrolysis) is 1. The minimum atomic E-state index is -1.04. The maximum atomic E-state index is 12.3. The fourth-order valence-corrected chi connectivity index (χ4v) is 3.24. The molecule has 1 amide bonds. The molecular formula is C16H25N3O4. The van der Waals surface area contributed by atoms with Gasteiger partial charge in [0.05, 0.1) is 17.4 Å².